The van der Waals surface area contributed by atoms with E-state index in [0.29, 0.717) is 25.7 Å². The first-order valence-corrected chi connectivity index (χ1v) is 45.4. The Kier molecular flexibility index (Phi) is 76.7. The van der Waals surface area contributed by atoms with E-state index in [2.05, 4.69) is 161 Å². The van der Waals surface area contributed by atoms with Crippen LogP contribution in [0, 0.1) is 0 Å². The number of phosphoric acid groups is 2. The van der Waals surface area contributed by atoms with Gasteiger partial charge >= 0.3 is 39.5 Å². The first-order valence-electron chi connectivity index (χ1n) is 42.4. The number of hydrogen-bond acceptors (Lipinski definition) is 15. The third kappa shape index (κ3) is 79.3. The van der Waals surface area contributed by atoms with Crippen molar-refractivity contribution in [2.75, 3.05) is 39.6 Å². The highest BCUT2D eigenvalue weighted by atomic mass is 31.2. The molecule has 620 valence electrons. The predicted molar refractivity (Wildman–Crippen MR) is 445 cm³/mol. The Hall–Kier alpha value is -4.80. The van der Waals surface area contributed by atoms with Crippen LogP contribution < -0.4 is 0 Å². The number of phosphoric ester groups is 2. The van der Waals surface area contributed by atoms with E-state index in [0.717, 1.165) is 193 Å². The van der Waals surface area contributed by atoms with Gasteiger partial charge in [0.15, 0.2) is 12.2 Å². The molecule has 0 aliphatic heterocycles. The third-order valence-electron chi connectivity index (χ3n) is 17.6. The van der Waals surface area contributed by atoms with Crippen LogP contribution in [-0.2, 0) is 65.4 Å². The average Bonchev–Trinajstić information content (AvgIpc) is 0.917. The second-order valence-electron chi connectivity index (χ2n) is 28.0. The van der Waals surface area contributed by atoms with E-state index in [-0.39, 0.29) is 25.7 Å². The molecule has 5 unspecified atom stereocenters. The summed E-state index contributed by atoms with van der Waals surface area (Å²) in [5.74, 6) is -2.23. The Labute approximate surface area is 656 Å². The zero-order valence-electron chi connectivity index (χ0n) is 68.0. The SMILES string of the molecule is CC/C=C\C/C=C\C/C=C\C/C=C\C/C=C\CCCCCC(=O)OCC(COP(=O)(O)OCC(O)COP(=O)(O)OCC(COC(=O)CCCCCCCC/C=C\C/C=C\C/C=C\CCCCC)OC(=O)CCCCCCCCCCCCC)OC(=O)CCCCCCCC/C=C\C/C=C\C/C=C\CCCCC. The van der Waals surface area contributed by atoms with E-state index >= 15 is 0 Å². The molecular formula is C89H152O17P2. The van der Waals surface area contributed by atoms with Crippen LogP contribution in [0.25, 0.3) is 0 Å². The Morgan fingerprint density at radius 2 is 0.481 bits per heavy atom. The first kappa shape index (κ1) is 103. The first-order chi connectivity index (χ1) is 52.7. The van der Waals surface area contributed by atoms with E-state index < -0.39 is 97.5 Å². The van der Waals surface area contributed by atoms with Crippen LogP contribution >= 0.6 is 15.6 Å². The van der Waals surface area contributed by atoms with Gasteiger partial charge in [0.1, 0.15) is 19.3 Å². The van der Waals surface area contributed by atoms with Gasteiger partial charge in [0.25, 0.3) is 0 Å². The maximum Gasteiger partial charge on any atom is 0.472 e. The minimum atomic E-state index is -5.00. The maximum absolute atomic E-state index is 13.1. The van der Waals surface area contributed by atoms with Gasteiger partial charge in [-0.05, 0) is 148 Å². The highest BCUT2D eigenvalue weighted by molar-refractivity contribution is 7.47. The quantitative estimate of drug-likeness (QED) is 0.0169. The number of allylic oxidation sites excluding steroid dienone is 22. The average molecular weight is 1560 g/mol. The van der Waals surface area contributed by atoms with Gasteiger partial charge in [-0.1, -0.05) is 309 Å². The van der Waals surface area contributed by atoms with Gasteiger partial charge in [0.05, 0.1) is 26.4 Å². The fraction of sp³-hybridized carbons (Fsp3) is 0.708. The van der Waals surface area contributed by atoms with Crippen LogP contribution in [-0.4, -0.2) is 96.7 Å². The zero-order valence-corrected chi connectivity index (χ0v) is 69.8. The van der Waals surface area contributed by atoms with Gasteiger partial charge in [0.2, 0.25) is 0 Å². The van der Waals surface area contributed by atoms with Gasteiger partial charge in [-0.2, -0.15) is 0 Å². The Bertz CT molecular complexity index is 2560. The van der Waals surface area contributed by atoms with Gasteiger partial charge in [-0.15, -0.1) is 0 Å². The monoisotopic (exact) mass is 1560 g/mol. The van der Waals surface area contributed by atoms with Crippen LogP contribution in [0.15, 0.2) is 134 Å². The van der Waals surface area contributed by atoms with E-state index in [9.17, 15) is 43.2 Å². The van der Waals surface area contributed by atoms with E-state index in [4.69, 9.17) is 37.0 Å². The van der Waals surface area contributed by atoms with Gasteiger partial charge in [-0.3, -0.25) is 37.3 Å². The predicted octanol–water partition coefficient (Wildman–Crippen LogP) is 25.2. The number of rotatable bonds is 79. The molecule has 0 aliphatic carbocycles. The van der Waals surface area contributed by atoms with Crippen LogP contribution in [0.2, 0.25) is 0 Å². The van der Waals surface area contributed by atoms with Crippen molar-refractivity contribution in [2.45, 2.75) is 367 Å². The third-order valence-corrected chi connectivity index (χ3v) is 19.5. The highest BCUT2D eigenvalue weighted by Gasteiger charge is 2.30. The fourth-order valence-electron chi connectivity index (χ4n) is 11.1. The van der Waals surface area contributed by atoms with Crippen LogP contribution in [0.5, 0.6) is 0 Å². The number of esters is 4. The van der Waals surface area contributed by atoms with Crippen LogP contribution in [0.4, 0.5) is 0 Å². The standard InChI is InChI=1S/C89H152O17P2/c1-5-9-13-17-21-25-29-32-35-38-41-44-47-50-54-57-61-65-69-73-86(91)99-79-84(105-88(93)75-71-67-63-59-53-28-24-20-16-12-8-4)81-103-107(95,96)101-77-83(90)78-102-108(97,98)104-82-85(106-89(94)76-72-68-64-60-56-52-49-46-43-40-37-34-31-27-23-19-15-11-7-3)80-100-87(92)74-70-66-62-58-55-51-48-45-42-39-36-33-30-26-22-18-14-10-6-2/h10,14,21-23,25-27,32-37,41-46,51,55,83-85,90H,5-9,11-13,15-20,24,28-31,38-40,47-50,52-54,56-82H2,1-4H3,(H,95,96)(H,97,98)/b14-10-,25-21-,26-22-,27-23-,35-32-,36-33-,37-34-,44-41-,45-42-,46-43-,55-51-. The molecule has 3 N–H and O–H groups in total. The molecule has 19 heteroatoms. The summed E-state index contributed by atoms with van der Waals surface area (Å²) < 4.78 is 68.7. The fourth-order valence-corrected chi connectivity index (χ4v) is 12.7. The Morgan fingerprint density at radius 1 is 0.269 bits per heavy atom. The van der Waals surface area contributed by atoms with Gasteiger partial charge < -0.3 is 33.8 Å². The summed E-state index contributed by atoms with van der Waals surface area (Å²) in [6.07, 6.45) is 91.3. The Morgan fingerprint density at radius 3 is 0.769 bits per heavy atom. The number of carbonyl (C=O) groups is 4. The molecule has 0 spiro atoms. The summed E-state index contributed by atoms with van der Waals surface area (Å²) in [7, 11) is -9.98. The molecule has 5 atom stereocenters. The zero-order chi connectivity index (χ0) is 78.9. The molecule has 0 aromatic carbocycles. The lowest BCUT2D eigenvalue weighted by molar-refractivity contribution is -0.161. The number of ether oxygens (including phenoxy) is 4. The second-order valence-corrected chi connectivity index (χ2v) is 30.9. The molecule has 0 heterocycles. The lowest BCUT2D eigenvalue weighted by Crippen LogP contribution is -2.30. The lowest BCUT2D eigenvalue weighted by atomic mass is 10.1. The molecule has 0 aromatic heterocycles. The summed E-state index contributed by atoms with van der Waals surface area (Å²) in [5, 5.41) is 10.7. The van der Waals surface area contributed by atoms with Crippen molar-refractivity contribution in [3.63, 3.8) is 0 Å². The smallest absolute Gasteiger partial charge is 0.462 e. The molecular weight excluding hydrogens is 1400 g/mol. The molecule has 0 amide bonds. The summed E-state index contributed by atoms with van der Waals surface area (Å²) in [4.78, 5) is 73.2. The minimum absolute atomic E-state index is 0.0699. The summed E-state index contributed by atoms with van der Waals surface area (Å²) in [6, 6.07) is 0. The molecule has 108 heavy (non-hydrogen) atoms. The van der Waals surface area contributed by atoms with E-state index in [1.165, 1.54) is 77.0 Å². The van der Waals surface area contributed by atoms with Crippen molar-refractivity contribution in [3.05, 3.63) is 134 Å². The Balaban J connectivity index is 5.39. The topological polar surface area (TPSA) is 237 Å². The molecule has 0 saturated heterocycles. The number of carbonyl (C=O) groups excluding carboxylic acids is 4. The van der Waals surface area contributed by atoms with Crippen molar-refractivity contribution in [2.24, 2.45) is 0 Å². The molecule has 0 rings (SSSR count). The van der Waals surface area contributed by atoms with Crippen LogP contribution in [0.1, 0.15) is 349 Å². The molecule has 0 bridgehead atoms. The summed E-state index contributed by atoms with van der Waals surface area (Å²) in [5.41, 5.74) is 0. The maximum atomic E-state index is 13.1. The normalized spacial score (nSPS) is 14.5. The molecule has 0 aliphatic rings. The molecule has 0 saturated carbocycles. The van der Waals surface area contributed by atoms with Crippen molar-refractivity contribution in [1.29, 1.82) is 0 Å². The largest absolute Gasteiger partial charge is 0.472 e. The highest BCUT2D eigenvalue weighted by Crippen LogP contribution is 2.45. The number of aliphatic hydroxyl groups excluding tert-OH is 1. The number of aliphatic hydroxyl groups is 1. The van der Waals surface area contributed by atoms with E-state index in [1.54, 1.807) is 0 Å². The molecule has 0 radical (unpaired) electrons. The van der Waals surface area contributed by atoms with Crippen molar-refractivity contribution in [3.8, 4) is 0 Å². The molecule has 0 aromatic rings. The molecule has 0 fully saturated rings. The lowest BCUT2D eigenvalue weighted by Gasteiger charge is -2.21. The van der Waals surface area contributed by atoms with Gasteiger partial charge in [0, 0.05) is 25.7 Å². The summed E-state index contributed by atoms with van der Waals surface area (Å²) >= 11 is 0. The number of unbranched alkanes of at least 4 members (excludes halogenated alkanes) is 31. The van der Waals surface area contributed by atoms with Crippen LogP contribution in [0.3, 0.4) is 0 Å². The second kappa shape index (κ2) is 80.3. The molecule has 17 nitrogen and oxygen atoms in total. The van der Waals surface area contributed by atoms with Crippen molar-refractivity contribution < 1.29 is 80.2 Å². The van der Waals surface area contributed by atoms with E-state index in [1.807, 2.05) is 0 Å². The van der Waals surface area contributed by atoms with Crippen molar-refractivity contribution in [1.82, 2.24) is 0 Å². The number of hydrogen-bond donors (Lipinski definition) is 3. The summed E-state index contributed by atoms with van der Waals surface area (Å²) in [6.45, 7) is 4.67. The van der Waals surface area contributed by atoms with Crippen molar-refractivity contribution >= 4 is 39.5 Å². The minimum Gasteiger partial charge on any atom is -0.462 e. The van der Waals surface area contributed by atoms with Gasteiger partial charge in [-0.25, -0.2) is 9.13 Å².